The molecule has 0 unspecified atom stereocenters. The zero-order valence-electron chi connectivity index (χ0n) is 8.25. The fraction of sp³-hybridized carbons (Fsp3) is 0. The first-order valence-corrected chi connectivity index (χ1v) is 4.47. The highest BCUT2D eigenvalue weighted by Gasteiger charge is 2.07. The Kier molecular flexibility index (Phi) is 4.03. The molecule has 0 fully saturated rings. The molecule has 0 aromatic heterocycles. The third-order valence-corrected chi connectivity index (χ3v) is 1.70. The van der Waals surface area contributed by atoms with Crippen LogP contribution in [0.25, 0.3) is 0 Å². The van der Waals surface area contributed by atoms with E-state index < -0.39 is 23.1 Å². The molecule has 2 aliphatic carbocycles. The van der Waals surface area contributed by atoms with Gasteiger partial charge in [0.1, 0.15) is 0 Å². The standard InChI is InChI=1S/2C6H4O2/c2*7-5-3-1-2-4-6(5)8/h2*1-4H. The zero-order valence-corrected chi connectivity index (χ0v) is 8.25. The van der Waals surface area contributed by atoms with Gasteiger partial charge >= 0.3 is 0 Å². The van der Waals surface area contributed by atoms with Gasteiger partial charge in [-0.1, -0.05) is 24.3 Å². The second-order valence-electron chi connectivity index (χ2n) is 2.89. The van der Waals surface area contributed by atoms with Crippen molar-refractivity contribution in [2.75, 3.05) is 0 Å². The number of rotatable bonds is 0. The van der Waals surface area contributed by atoms with Crippen LogP contribution in [0.3, 0.4) is 0 Å². The molecule has 0 aromatic carbocycles. The van der Waals surface area contributed by atoms with Gasteiger partial charge in [-0.15, -0.1) is 0 Å². The van der Waals surface area contributed by atoms with Crippen LogP contribution in [-0.2, 0) is 19.2 Å². The maximum absolute atomic E-state index is 10.3. The largest absolute Gasteiger partial charge is 0.286 e. The Bertz CT molecular complexity index is 373. The molecule has 0 saturated heterocycles. The number of ketones is 4. The van der Waals surface area contributed by atoms with E-state index in [0.29, 0.717) is 0 Å². The van der Waals surface area contributed by atoms with E-state index in [1.807, 2.05) is 0 Å². The molecule has 4 nitrogen and oxygen atoms in total. The molecule has 0 aromatic rings. The van der Waals surface area contributed by atoms with Crippen molar-refractivity contribution < 1.29 is 19.2 Å². The van der Waals surface area contributed by atoms with Gasteiger partial charge in [-0.05, 0) is 24.3 Å². The van der Waals surface area contributed by atoms with E-state index in [9.17, 15) is 19.2 Å². The summed E-state index contributed by atoms with van der Waals surface area (Å²) >= 11 is 0. The summed E-state index contributed by atoms with van der Waals surface area (Å²) in [6.45, 7) is 0. The topological polar surface area (TPSA) is 68.3 Å². The molecule has 0 N–H and O–H groups in total. The fourth-order valence-electron chi connectivity index (χ4n) is 0.900. The molecule has 0 aliphatic heterocycles. The van der Waals surface area contributed by atoms with Crippen LogP contribution in [0.2, 0.25) is 0 Å². The van der Waals surface area contributed by atoms with Crippen LogP contribution in [0.15, 0.2) is 48.6 Å². The first kappa shape index (κ1) is 11.7. The Balaban J connectivity index is 0.000000160. The molecular formula is C12H8O4. The van der Waals surface area contributed by atoms with Crippen molar-refractivity contribution in [3.05, 3.63) is 48.6 Å². The lowest BCUT2D eigenvalue weighted by molar-refractivity contribution is -0.131. The molecular weight excluding hydrogens is 208 g/mol. The van der Waals surface area contributed by atoms with Gasteiger partial charge in [0, 0.05) is 0 Å². The van der Waals surface area contributed by atoms with Gasteiger partial charge in [0.2, 0.25) is 23.1 Å². The summed E-state index contributed by atoms with van der Waals surface area (Å²) in [5.74, 6) is -1.75. The van der Waals surface area contributed by atoms with Gasteiger partial charge in [0.15, 0.2) is 0 Å². The fourth-order valence-corrected chi connectivity index (χ4v) is 0.900. The molecule has 0 radical (unpaired) electrons. The number of carbonyl (C=O) groups excluding carboxylic acids is 4. The van der Waals surface area contributed by atoms with E-state index in [1.54, 1.807) is 24.3 Å². The summed E-state index contributed by atoms with van der Waals surface area (Å²) in [6.07, 6.45) is 11.2. The Morgan fingerprint density at radius 1 is 0.438 bits per heavy atom. The van der Waals surface area contributed by atoms with Crippen LogP contribution >= 0.6 is 0 Å². The quantitative estimate of drug-likeness (QED) is 0.437. The predicted molar refractivity (Wildman–Crippen MR) is 56.6 cm³/mol. The van der Waals surface area contributed by atoms with Crippen LogP contribution in [-0.4, -0.2) is 23.1 Å². The Morgan fingerprint density at radius 3 is 0.750 bits per heavy atom. The van der Waals surface area contributed by atoms with E-state index in [-0.39, 0.29) is 0 Å². The maximum atomic E-state index is 10.3. The van der Waals surface area contributed by atoms with Gasteiger partial charge in [-0.25, -0.2) is 0 Å². The average molecular weight is 216 g/mol. The van der Waals surface area contributed by atoms with Gasteiger partial charge in [0.05, 0.1) is 0 Å². The van der Waals surface area contributed by atoms with Crippen molar-refractivity contribution in [1.82, 2.24) is 0 Å². The second kappa shape index (κ2) is 5.50. The lowest BCUT2D eigenvalue weighted by atomic mass is 10.1. The van der Waals surface area contributed by atoms with Crippen molar-refractivity contribution in [2.24, 2.45) is 0 Å². The lowest BCUT2D eigenvalue weighted by Crippen LogP contribution is -2.08. The van der Waals surface area contributed by atoms with Crippen molar-refractivity contribution in [2.45, 2.75) is 0 Å². The zero-order chi connectivity index (χ0) is 12.0. The third-order valence-electron chi connectivity index (χ3n) is 1.70. The highest BCUT2D eigenvalue weighted by molar-refractivity contribution is 6.46. The first-order chi connectivity index (χ1) is 7.61. The van der Waals surface area contributed by atoms with E-state index in [0.717, 1.165) is 0 Å². The average Bonchev–Trinajstić information content (AvgIpc) is 2.28. The number of carbonyl (C=O) groups is 4. The van der Waals surface area contributed by atoms with Crippen LogP contribution in [0.1, 0.15) is 0 Å². The number of hydrogen-bond donors (Lipinski definition) is 0. The second-order valence-corrected chi connectivity index (χ2v) is 2.89. The van der Waals surface area contributed by atoms with Crippen molar-refractivity contribution in [1.29, 1.82) is 0 Å². The van der Waals surface area contributed by atoms with Gasteiger partial charge < -0.3 is 0 Å². The predicted octanol–water partition coefficient (Wildman–Crippen LogP) is 0.501. The lowest BCUT2D eigenvalue weighted by Gasteiger charge is -1.88. The van der Waals surface area contributed by atoms with E-state index >= 15 is 0 Å². The highest BCUT2D eigenvalue weighted by atomic mass is 16.2. The summed E-state index contributed by atoms with van der Waals surface area (Å²) in [6, 6.07) is 0. The molecule has 2 rings (SSSR count). The Morgan fingerprint density at radius 2 is 0.625 bits per heavy atom. The number of hydrogen-bond acceptors (Lipinski definition) is 4. The molecule has 0 atom stereocenters. The van der Waals surface area contributed by atoms with Gasteiger partial charge in [-0.3, -0.25) is 19.2 Å². The summed E-state index contributed by atoms with van der Waals surface area (Å²) in [5.41, 5.74) is 0. The highest BCUT2D eigenvalue weighted by Crippen LogP contribution is 1.91. The van der Waals surface area contributed by atoms with Crippen LogP contribution < -0.4 is 0 Å². The maximum Gasteiger partial charge on any atom is 0.225 e. The third kappa shape index (κ3) is 3.42. The molecule has 0 heterocycles. The first-order valence-electron chi connectivity index (χ1n) is 4.47. The SMILES string of the molecule is O=C1C=CC=CC1=O.O=C1C=CC=CC1=O. The Labute approximate surface area is 91.6 Å². The molecule has 4 heteroatoms. The van der Waals surface area contributed by atoms with Crippen LogP contribution in [0.5, 0.6) is 0 Å². The van der Waals surface area contributed by atoms with Crippen LogP contribution in [0.4, 0.5) is 0 Å². The van der Waals surface area contributed by atoms with Crippen LogP contribution in [0, 0.1) is 0 Å². The van der Waals surface area contributed by atoms with Crippen molar-refractivity contribution in [3.8, 4) is 0 Å². The molecule has 0 spiro atoms. The van der Waals surface area contributed by atoms with E-state index in [2.05, 4.69) is 0 Å². The van der Waals surface area contributed by atoms with Crippen molar-refractivity contribution >= 4 is 23.1 Å². The van der Waals surface area contributed by atoms with E-state index in [4.69, 9.17) is 0 Å². The molecule has 80 valence electrons. The molecule has 2 aliphatic rings. The minimum Gasteiger partial charge on any atom is -0.286 e. The van der Waals surface area contributed by atoms with Crippen molar-refractivity contribution in [3.63, 3.8) is 0 Å². The summed E-state index contributed by atoms with van der Waals surface area (Å²) in [4.78, 5) is 41.2. The Hall–Kier alpha value is -2.36. The molecule has 0 saturated carbocycles. The minimum atomic E-state index is -0.437. The molecule has 0 bridgehead atoms. The summed E-state index contributed by atoms with van der Waals surface area (Å²) in [7, 11) is 0. The molecule has 0 amide bonds. The summed E-state index contributed by atoms with van der Waals surface area (Å²) in [5, 5.41) is 0. The van der Waals surface area contributed by atoms with E-state index in [1.165, 1.54) is 24.3 Å². The van der Waals surface area contributed by atoms with Gasteiger partial charge in [0.25, 0.3) is 0 Å². The van der Waals surface area contributed by atoms with Gasteiger partial charge in [-0.2, -0.15) is 0 Å². The minimum absolute atomic E-state index is 0.437. The smallest absolute Gasteiger partial charge is 0.225 e. The normalized spacial score (nSPS) is 17.5. The monoisotopic (exact) mass is 216 g/mol. The summed E-state index contributed by atoms with van der Waals surface area (Å²) < 4.78 is 0. The molecule has 16 heavy (non-hydrogen) atoms. The number of allylic oxidation sites excluding steroid dienone is 8.